The minimum Gasteiger partial charge on any atom is -0.378 e. The standard InChI is InChI=1S/C13H21N5O/c1-14-11-2-3-18(9-11)13-8-12(15-10-16-13)17-4-6-19-7-5-17/h8,10-11,14H,2-7,9H2,1H3. The van der Waals surface area contributed by atoms with Crippen LogP contribution in [0.25, 0.3) is 0 Å². The van der Waals surface area contributed by atoms with Gasteiger partial charge in [-0.15, -0.1) is 0 Å². The Kier molecular flexibility index (Phi) is 3.79. The highest BCUT2D eigenvalue weighted by molar-refractivity contribution is 5.51. The first-order valence-electron chi connectivity index (χ1n) is 6.94. The third-order valence-electron chi connectivity index (χ3n) is 3.89. The van der Waals surface area contributed by atoms with Gasteiger partial charge in [-0.05, 0) is 13.5 Å². The molecule has 0 aromatic carbocycles. The summed E-state index contributed by atoms with van der Waals surface area (Å²) in [5, 5.41) is 3.33. The van der Waals surface area contributed by atoms with Gasteiger partial charge in [0.05, 0.1) is 13.2 Å². The normalized spacial score (nSPS) is 23.9. The van der Waals surface area contributed by atoms with Gasteiger partial charge in [0.25, 0.3) is 0 Å². The lowest BCUT2D eigenvalue weighted by Crippen LogP contribution is -2.37. The van der Waals surface area contributed by atoms with Gasteiger partial charge in [0.2, 0.25) is 0 Å². The van der Waals surface area contributed by atoms with Crippen LogP contribution in [0.2, 0.25) is 0 Å². The molecule has 1 N–H and O–H groups in total. The lowest BCUT2D eigenvalue weighted by molar-refractivity contribution is 0.122. The zero-order valence-electron chi connectivity index (χ0n) is 11.4. The second-order valence-corrected chi connectivity index (χ2v) is 5.05. The summed E-state index contributed by atoms with van der Waals surface area (Å²) in [5.74, 6) is 2.05. The molecule has 0 bridgehead atoms. The molecule has 2 saturated heterocycles. The molecule has 19 heavy (non-hydrogen) atoms. The van der Waals surface area contributed by atoms with E-state index in [9.17, 15) is 0 Å². The van der Waals surface area contributed by atoms with Crippen LogP contribution >= 0.6 is 0 Å². The monoisotopic (exact) mass is 263 g/mol. The van der Waals surface area contributed by atoms with E-state index in [2.05, 4.69) is 31.2 Å². The molecule has 1 aromatic rings. The number of likely N-dealkylation sites (N-methyl/N-ethyl adjacent to an activating group) is 1. The fraction of sp³-hybridized carbons (Fsp3) is 0.692. The van der Waals surface area contributed by atoms with Crippen molar-refractivity contribution < 1.29 is 4.74 Å². The van der Waals surface area contributed by atoms with Gasteiger partial charge in [-0.3, -0.25) is 0 Å². The molecule has 1 unspecified atom stereocenters. The van der Waals surface area contributed by atoms with Crippen molar-refractivity contribution in [1.82, 2.24) is 15.3 Å². The van der Waals surface area contributed by atoms with E-state index in [0.717, 1.165) is 51.0 Å². The van der Waals surface area contributed by atoms with Crippen molar-refractivity contribution in [2.75, 3.05) is 56.2 Å². The maximum absolute atomic E-state index is 5.38. The molecular weight excluding hydrogens is 242 g/mol. The zero-order valence-corrected chi connectivity index (χ0v) is 11.4. The second-order valence-electron chi connectivity index (χ2n) is 5.05. The molecule has 0 spiro atoms. The number of nitrogens with zero attached hydrogens (tertiary/aromatic N) is 4. The maximum Gasteiger partial charge on any atom is 0.134 e. The summed E-state index contributed by atoms with van der Waals surface area (Å²) in [5.41, 5.74) is 0. The van der Waals surface area contributed by atoms with Crippen LogP contribution in [0.3, 0.4) is 0 Å². The van der Waals surface area contributed by atoms with Crippen LogP contribution in [0.5, 0.6) is 0 Å². The molecule has 0 amide bonds. The van der Waals surface area contributed by atoms with Crippen molar-refractivity contribution in [2.24, 2.45) is 0 Å². The van der Waals surface area contributed by atoms with E-state index in [4.69, 9.17) is 4.74 Å². The van der Waals surface area contributed by atoms with Crippen LogP contribution < -0.4 is 15.1 Å². The number of rotatable bonds is 3. The Morgan fingerprint density at radius 3 is 2.58 bits per heavy atom. The first-order chi connectivity index (χ1) is 9.36. The smallest absolute Gasteiger partial charge is 0.134 e. The summed E-state index contributed by atoms with van der Waals surface area (Å²) in [4.78, 5) is 13.4. The van der Waals surface area contributed by atoms with Crippen LogP contribution in [0.15, 0.2) is 12.4 Å². The number of hydrogen-bond acceptors (Lipinski definition) is 6. The summed E-state index contributed by atoms with van der Waals surface area (Å²) in [6, 6.07) is 2.67. The molecule has 0 radical (unpaired) electrons. The fourth-order valence-corrected chi connectivity index (χ4v) is 2.68. The van der Waals surface area contributed by atoms with E-state index in [-0.39, 0.29) is 0 Å². The van der Waals surface area contributed by atoms with E-state index in [1.807, 2.05) is 7.05 Å². The Morgan fingerprint density at radius 1 is 1.16 bits per heavy atom. The number of morpholine rings is 1. The number of anilines is 2. The molecule has 6 heteroatoms. The Balaban J connectivity index is 1.72. The largest absolute Gasteiger partial charge is 0.378 e. The average Bonchev–Trinajstić information content (AvgIpc) is 2.97. The molecule has 0 saturated carbocycles. The molecule has 2 fully saturated rings. The first kappa shape index (κ1) is 12.6. The third kappa shape index (κ3) is 2.79. The van der Waals surface area contributed by atoms with Crippen molar-refractivity contribution in [1.29, 1.82) is 0 Å². The molecule has 3 rings (SSSR count). The van der Waals surface area contributed by atoms with Gasteiger partial charge in [-0.25, -0.2) is 9.97 Å². The SMILES string of the molecule is CNC1CCN(c2cc(N3CCOCC3)ncn2)C1. The number of hydrogen-bond donors (Lipinski definition) is 1. The molecule has 6 nitrogen and oxygen atoms in total. The quantitative estimate of drug-likeness (QED) is 0.835. The molecule has 104 valence electrons. The van der Waals surface area contributed by atoms with Crippen LogP contribution in [0.1, 0.15) is 6.42 Å². The molecule has 2 aliphatic rings. The Bertz CT molecular complexity index is 421. The van der Waals surface area contributed by atoms with Gasteiger partial charge in [0.1, 0.15) is 18.0 Å². The van der Waals surface area contributed by atoms with Gasteiger partial charge < -0.3 is 19.9 Å². The third-order valence-corrected chi connectivity index (χ3v) is 3.89. The predicted molar refractivity (Wildman–Crippen MR) is 74.7 cm³/mol. The summed E-state index contributed by atoms with van der Waals surface area (Å²) in [6.07, 6.45) is 2.85. The average molecular weight is 263 g/mol. The van der Waals surface area contributed by atoms with Crippen molar-refractivity contribution in [3.8, 4) is 0 Å². The molecule has 1 atom stereocenters. The van der Waals surface area contributed by atoms with E-state index < -0.39 is 0 Å². The van der Waals surface area contributed by atoms with Crippen LogP contribution in [-0.4, -0.2) is 62.5 Å². The van der Waals surface area contributed by atoms with E-state index in [0.29, 0.717) is 6.04 Å². The van der Waals surface area contributed by atoms with Gasteiger partial charge in [0, 0.05) is 38.3 Å². The van der Waals surface area contributed by atoms with Gasteiger partial charge in [0.15, 0.2) is 0 Å². The van der Waals surface area contributed by atoms with E-state index >= 15 is 0 Å². The van der Waals surface area contributed by atoms with Crippen LogP contribution in [0.4, 0.5) is 11.6 Å². The Morgan fingerprint density at radius 2 is 1.89 bits per heavy atom. The highest BCUT2D eigenvalue weighted by Crippen LogP contribution is 2.22. The van der Waals surface area contributed by atoms with Crippen molar-refractivity contribution >= 4 is 11.6 Å². The molecule has 0 aliphatic carbocycles. The zero-order chi connectivity index (χ0) is 13.1. The summed E-state index contributed by atoms with van der Waals surface area (Å²) < 4.78 is 5.38. The summed E-state index contributed by atoms with van der Waals surface area (Å²) >= 11 is 0. The fourth-order valence-electron chi connectivity index (χ4n) is 2.68. The van der Waals surface area contributed by atoms with Gasteiger partial charge in [-0.2, -0.15) is 0 Å². The number of aromatic nitrogens is 2. The molecule has 1 aromatic heterocycles. The summed E-state index contributed by atoms with van der Waals surface area (Å²) in [7, 11) is 2.02. The highest BCUT2D eigenvalue weighted by Gasteiger charge is 2.23. The lowest BCUT2D eigenvalue weighted by atomic mass is 10.3. The topological polar surface area (TPSA) is 53.5 Å². The predicted octanol–water partition coefficient (Wildman–Crippen LogP) is 0.111. The lowest BCUT2D eigenvalue weighted by Gasteiger charge is -2.28. The van der Waals surface area contributed by atoms with Crippen molar-refractivity contribution in [3.05, 3.63) is 12.4 Å². The highest BCUT2D eigenvalue weighted by atomic mass is 16.5. The van der Waals surface area contributed by atoms with Gasteiger partial charge in [-0.1, -0.05) is 0 Å². The first-order valence-corrected chi connectivity index (χ1v) is 6.94. The second kappa shape index (κ2) is 5.71. The summed E-state index contributed by atoms with van der Waals surface area (Å²) in [6.45, 7) is 5.47. The van der Waals surface area contributed by atoms with Gasteiger partial charge >= 0.3 is 0 Å². The molecule has 2 aliphatic heterocycles. The van der Waals surface area contributed by atoms with Crippen LogP contribution in [0, 0.1) is 0 Å². The minimum absolute atomic E-state index is 0.571. The van der Waals surface area contributed by atoms with E-state index in [1.54, 1.807) is 6.33 Å². The maximum atomic E-state index is 5.38. The van der Waals surface area contributed by atoms with Crippen molar-refractivity contribution in [2.45, 2.75) is 12.5 Å². The number of ether oxygens (including phenoxy) is 1. The molecule has 3 heterocycles. The van der Waals surface area contributed by atoms with Crippen molar-refractivity contribution in [3.63, 3.8) is 0 Å². The minimum atomic E-state index is 0.571. The Labute approximate surface area is 113 Å². The number of nitrogens with one attached hydrogen (secondary N) is 1. The Hall–Kier alpha value is -1.40. The molecular formula is C13H21N5O. The van der Waals surface area contributed by atoms with E-state index in [1.165, 1.54) is 6.42 Å². The van der Waals surface area contributed by atoms with Crippen LogP contribution in [-0.2, 0) is 4.74 Å².